The van der Waals surface area contributed by atoms with Crippen LogP contribution in [0.15, 0.2) is 0 Å². The van der Waals surface area contributed by atoms with E-state index < -0.39 is 0 Å². The van der Waals surface area contributed by atoms with Gasteiger partial charge in [-0.05, 0) is 13.5 Å². The molecule has 5 heteroatoms. The second-order valence-electron chi connectivity index (χ2n) is 3.85. The van der Waals surface area contributed by atoms with E-state index in [2.05, 4.69) is 23.0 Å². The zero-order valence-electron chi connectivity index (χ0n) is 10.2. The summed E-state index contributed by atoms with van der Waals surface area (Å²) in [4.78, 5) is 2.20. The van der Waals surface area contributed by atoms with E-state index in [1.165, 1.54) is 0 Å². The lowest BCUT2D eigenvalue weighted by atomic mass is 10.2. The quantitative estimate of drug-likeness (QED) is 0.806. The summed E-state index contributed by atoms with van der Waals surface area (Å²) in [6.45, 7) is 6.50. The monoisotopic (exact) mass is 221 g/mol. The van der Waals surface area contributed by atoms with Crippen LogP contribution in [0, 0.1) is 18.3 Å². The second kappa shape index (κ2) is 5.52. The third kappa shape index (κ3) is 2.74. The van der Waals surface area contributed by atoms with Crippen molar-refractivity contribution in [1.82, 2.24) is 14.7 Å². The highest BCUT2D eigenvalue weighted by Gasteiger charge is 2.13. The molecule has 0 bridgehead atoms. The highest BCUT2D eigenvalue weighted by atomic mass is 15.3. The summed E-state index contributed by atoms with van der Waals surface area (Å²) in [7, 11) is 1.84. The van der Waals surface area contributed by atoms with E-state index in [1.807, 2.05) is 14.0 Å². The third-order valence-corrected chi connectivity index (χ3v) is 2.76. The van der Waals surface area contributed by atoms with Crippen LogP contribution in [0.1, 0.15) is 24.6 Å². The number of nitrogens with two attached hydrogens (primary N) is 1. The average molecular weight is 221 g/mol. The molecule has 88 valence electrons. The van der Waals surface area contributed by atoms with E-state index in [0.717, 1.165) is 30.9 Å². The highest BCUT2D eigenvalue weighted by Crippen LogP contribution is 2.17. The molecule has 1 aromatic heterocycles. The fraction of sp³-hybridized carbons (Fsp3) is 0.636. The van der Waals surface area contributed by atoms with Gasteiger partial charge in [0.05, 0.1) is 11.8 Å². The van der Waals surface area contributed by atoms with Crippen molar-refractivity contribution < 1.29 is 0 Å². The van der Waals surface area contributed by atoms with E-state index in [1.54, 1.807) is 4.68 Å². The molecule has 0 spiro atoms. The Kier molecular flexibility index (Phi) is 4.32. The van der Waals surface area contributed by atoms with Gasteiger partial charge in [-0.15, -0.1) is 0 Å². The van der Waals surface area contributed by atoms with Crippen molar-refractivity contribution in [3.63, 3.8) is 0 Å². The fourth-order valence-electron chi connectivity index (χ4n) is 1.70. The van der Waals surface area contributed by atoms with Crippen LogP contribution >= 0.6 is 0 Å². The molecule has 0 aliphatic carbocycles. The smallest absolute Gasteiger partial charge is 0.126 e. The fourth-order valence-corrected chi connectivity index (χ4v) is 1.70. The van der Waals surface area contributed by atoms with Gasteiger partial charge < -0.3 is 5.73 Å². The molecule has 2 N–H and O–H groups in total. The van der Waals surface area contributed by atoms with Crippen molar-refractivity contribution in [2.45, 2.75) is 26.8 Å². The number of aromatic nitrogens is 2. The molecule has 16 heavy (non-hydrogen) atoms. The van der Waals surface area contributed by atoms with Crippen LogP contribution in [0.25, 0.3) is 0 Å². The number of nitrogen functional groups attached to an aromatic ring is 1. The Bertz CT molecular complexity index is 388. The number of aryl methyl sites for hydroxylation is 2. The van der Waals surface area contributed by atoms with Crippen LogP contribution in [0.4, 0.5) is 5.82 Å². The molecule has 0 atom stereocenters. The standard InChI is InChI=1S/C11H19N5/c1-4-16(7-5-6-12)8-10-9(2)14-15(3)11(10)13/h4-5,7-8,13H2,1-3H3. The van der Waals surface area contributed by atoms with Crippen molar-refractivity contribution in [2.75, 3.05) is 18.8 Å². The molecule has 0 saturated heterocycles. The van der Waals surface area contributed by atoms with Gasteiger partial charge in [0.25, 0.3) is 0 Å². The Hall–Kier alpha value is -1.54. The first-order valence-corrected chi connectivity index (χ1v) is 5.47. The summed E-state index contributed by atoms with van der Waals surface area (Å²) in [6, 6.07) is 2.16. The molecule has 0 amide bonds. The first-order valence-electron chi connectivity index (χ1n) is 5.47. The maximum Gasteiger partial charge on any atom is 0.126 e. The summed E-state index contributed by atoms with van der Waals surface area (Å²) in [6.07, 6.45) is 0.549. The number of hydrogen-bond acceptors (Lipinski definition) is 4. The van der Waals surface area contributed by atoms with Crippen molar-refractivity contribution in [1.29, 1.82) is 5.26 Å². The molecule has 5 nitrogen and oxygen atoms in total. The van der Waals surface area contributed by atoms with Crippen molar-refractivity contribution in [3.8, 4) is 6.07 Å². The lowest BCUT2D eigenvalue weighted by Crippen LogP contribution is -2.24. The van der Waals surface area contributed by atoms with Gasteiger partial charge in [0.2, 0.25) is 0 Å². The summed E-state index contributed by atoms with van der Waals surface area (Å²) in [5.41, 5.74) is 7.98. The van der Waals surface area contributed by atoms with Gasteiger partial charge in [-0.25, -0.2) is 0 Å². The van der Waals surface area contributed by atoms with Crippen molar-refractivity contribution in [3.05, 3.63) is 11.3 Å². The number of nitrogens with zero attached hydrogens (tertiary/aromatic N) is 4. The summed E-state index contributed by atoms with van der Waals surface area (Å²) >= 11 is 0. The van der Waals surface area contributed by atoms with Gasteiger partial charge in [0, 0.05) is 32.1 Å². The van der Waals surface area contributed by atoms with Gasteiger partial charge in [-0.1, -0.05) is 6.92 Å². The van der Waals surface area contributed by atoms with E-state index in [4.69, 9.17) is 11.0 Å². The van der Waals surface area contributed by atoms with Gasteiger partial charge in [-0.2, -0.15) is 10.4 Å². The first kappa shape index (κ1) is 12.5. The summed E-state index contributed by atoms with van der Waals surface area (Å²) in [5.74, 6) is 0.716. The van der Waals surface area contributed by atoms with Gasteiger partial charge in [-0.3, -0.25) is 9.58 Å². The average Bonchev–Trinajstić information content (AvgIpc) is 2.50. The van der Waals surface area contributed by atoms with Crippen LogP contribution in [0.2, 0.25) is 0 Å². The van der Waals surface area contributed by atoms with Crippen LogP contribution in [0.3, 0.4) is 0 Å². The Morgan fingerprint density at radius 3 is 2.69 bits per heavy atom. The molecule has 0 fully saturated rings. The van der Waals surface area contributed by atoms with Crippen LogP contribution in [0.5, 0.6) is 0 Å². The molecule has 0 saturated carbocycles. The SMILES string of the molecule is CCN(CCC#N)Cc1c(C)nn(C)c1N. The summed E-state index contributed by atoms with van der Waals surface area (Å²) < 4.78 is 1.70. The predicted molar refractivity (Wildman–Crippen MR) is 63.5 cm³/mol. The van der Waals surface area contributed by atoms with E-state index in [-0.39, 0.29) is 0 Å². The zero-order valence-corrected chi connectivity index (χ0v) is 10.2. The van der Waals surface area contributed by atoms with Crippen molar-refractivity contribution in [2.24, 2.45) is 7.05 Å². The molecule has 1 rings (SSSR count). The van der Waals surface area contributed by atoms with Crippen LogP contribution in [-0.4, -0.2) is 27.8 Å². The molecule has 0 aromatic carbocycles. The Balaban J connectivity index is 2.74. The van der Waals surface area contributed by atoms with Crippen LogP contribution < -0.4 is 5.73 Å². The molecule has 1 heterocycles. The van der Waals surface area contributed by atoms with Crippen molar-refractivity contribution >= 4 is 5.82 Å². The molecule has 1 aromatic rings. The normalized spacial score (nSPS) is 10.7. The minimum absolute atomic E-state index is 0.549. The minimum Gasteiger partial charge on any atom is -0.384 e. The van der Waals surface area contributed by atoms with E-state index >= 15 is 0 Å². The Labute approximate surface area is 96.5 Å². The highest BCUT2D eigenvalue weighted by molar-refractivity contribution is 5.42. The van der Waals surface area contributed by atoms with Crippen LogP contribution in [-0.2, 0) is 13.6 Å². The maximum atomic E-state index is 8.57. The Morgan fingerprint density at radius 2 is 2.25 bits per heavy atom. The Morgan fingerprint density at radius 1 is 1.56 bits per heavy atom. The van der Waals surface area contributed by atoms with Gasteiger partial charge in [0.15, 0.2) is 0 Å². The summed E-state index contributed by atoms with van der Waals surface area (Å²) in [5, 5.41) is 12.9. The maximum absolute atomic E-state index is 8.57. The molecule has 0 aliphatic heterocycles. The van der Waals surface area contributed by atoms with E-state index in [9.17, 15) is 0 Å². The third-order valence-electron chi connectivity index (χ3n) is 2.76. The van der Waals surface area contributed by atoms with E-state index in [0.29, 0.717) is 12.2 Å². The topological polar surface area (TPSA) is 70.9 Å². The lowest BCUT2D eigenvalue weighted by molar-refractivity contribution is 0.286. The number of nitriles is 1. The van der Waals surface area contributed by atoms with Gasteiger partial charge in [0.1, 0.15) is 5.82 Å². The number of hydrogen-bond donors (Lipinski definition) is 1. The molecule has 0 radical (unpaired) electrons. The largest absolute Gasteiger partial charge is 0.384 e. The zero-order chi connectivity index (χ0) is 12.1. The second-order valence-corrected chi connectivity index (χ2v) is 3.85. The molecular formula is C11H19N5. The van der Waals surface area contributed by atoms with Gasteiger partial charge >= 0.3 is 0 Å². The molecular weight excluding hydrogens is 202 g/mol. The predicted octanol–water partition coefficient (Wildman–Crippen LogP) is 1.05. The number of rotatable bonds is 5. The first-order chi connectivity index (χ1) is 7.60. The lowest BCUT2D eigenvalue weighted by Gasteiger charge is -2.18. The minimum atomic E-state index is 0.549. The number of anilines is 1. The molecule has 0 unspecified atom stereocenters. The molecule has 0 aliphatic rings.